The molecule has 326 valence electrons. The van der Waals surface area contributed by atoms with Crippen molar-refractivity contribution in [2.45, 2.75) is 49.4 Å². The van der Waals surface area contributed by atoms with Crippen LogP contribution in [0.2, 0.25) is 0 Å². The third-order valence-electron chi connectivity index (χ3n) is 15.8. The van der Waals surface area contributed by atoms with E-state index in [9.17, 15) is 0 Å². The molecule has 0 bridgehead atoms. The van der Waals surface area contributed by atoms with Gasteiger partial charge in [0.2, 0.25) is 0 Å². The first kappa shape index (κ1) is 39.1. The molecule has 0 heterocycles. The number of anilines is 2. The number of fused-ring (bicyclic) bond motifs is 10. The van der Waals surface area contributed by atoms with Gasteiger partial charge < -0.3 is 11.5 Å². The average molecular weight is 877 g/mol. The van der Waals surface area contributed by atoms with E-state index in [1.807, 2.05) is 0 Å². The minimum absolute atomic E-state index is 0.0591. The predicted molar refractivity (Wildman–Crippen MR) is 275 cm³/mol. The Balaban J connectivity index is 0.948. The summed E-state index contributed by atoms with van der Waals surface area (Å²) in [5, 5.41) is 0. The zero-order valence-corrected chi connectivity index (χ0v) is 37.6. The Morgan fingerprint density at radius 3 is 0.882 bits per heavy atom. The van der Waals surface area contributed by atoms with Crippen molar-refractivity contribution in [3.63, 3.8) is 0 Å². The fourth-order valence-corrected chi connectivity index (χ4v) is 13.0. The molecule has 8 aromatic rings. The van der Waals surface area contributed by atoms with Gasteiger partial charge in [0.15, 0.2) is 11.5 Å². The first-order valence-electron chi connectivity index (χ1n) is 24.2. The lowest BCUT2D eigenvalue weighted by atomic mass is 9.78. The van der Waals surface area contributed by atoms with Gasteiger partial charge in [-0.3, -0.25) is 9.78 Å². The molecule has 4 N–H and O–H groups in total. The molecule has 0 saturated carbocycles. The Kier molecular flexibility index (Phi) is 8.76. The normalized spacial score (nSPS) is 16.5. The molecule has 0 amide bonds. The number of benzene rings is 8. The van der Waals surface area contributed by atoms with Crippen LogP contribution < -0.4 is 21.2 Å². The molecule has 0 unspecified atom stereocenters. The Hall–Kier alpha value is -8.08. The smallest absolute Gasteiger partial charge is 0.179 e. The minimum Gasteiger partial charge on any atom is -0.398 e. The van der Waals surface area contributed by atoms with Gasteiger partial charge in [0.25, 0.3) is 0 Å². The molecular weight excluding hydrogens is 829 g/mol. The number of hydrogen-bond donors (Lipinski definition) is 2. The monoisotopic (exact) mass is 876 g/mol. The summed E-state index contributed by atoms with van der Waals surface area (Å²) in [7, 11) is 0. The first-order valence-corrected chi connectivity index (χ1v) is 24.2. The molecule has 6 aliphatic rings. The number of allylic oxidation sites excluding steroid dienone is 8. The third-order valence-corrected chi connectivity index (χ3v) is 15.8. The molecule has 0 aromatic heterocycles. The maximum atomic E-state index is 7.64. The van der Waals surface area contributed by atoms with Gasteiger partial charge in [0.05, 0.1) is 0 Å². The van der Waals surface area contributed by atoms with E-state index in [0.717, 1.165) is 59.3 Å². The second-order valence-corrected chi connectivity index (χ2v) is 19.2. The molecule has 6 aliphatic carbocycles. The van der Waals surface area contributed by atoms with Crippen LogP contribution in [0.4, 0.5) is 11.4 Å². The van der Waals surface area contributed by atoms with Gasteiger partial charge in [-0.25, -0.2) is 0 Å². The Bertz CT molecular complexity index is 3300. The fraction of sp³-hybridized carbons (Fsp3) is 0.125. The molecular formula is C64H48N2O2. The molecule has 0 saturated heterocycles. The van der Waals surface area contributed by atoms with E-state index < -0.39 is 0 Å². The van der Waals surface area contributed by atoms with Crippen molar-refractivity contribution < 1.29 is 9.78 Å². The van der Waals surface area contributed by atoms with Crippen LogP contribution in [0.5, 0.6) is 11.5 Å². The zero-order valence-electron chi connectivity index (χ0n) is 37.6. The van der Waals surface area contributed by atoms with Crippen molar-refractivity contribution in [2.75, 3.05) is 11.5 Å². The van der Waals surface area contributed by atoms with Crippen LogP contribution in [0.3, 0.4) is 0 Å². The fourth-order valence-electron chi connectivity index (χ4n) is 13.0. The lowest BCUT2D eigenvalue weighted by Gasteiger charge is -2.27. The number of nitrogens with two attached hydrogens (primary N) is 2. The van der Waals surface area contributed by atoms with Gasteiger partial charge >= 0.3 is 0 Å². The quantitative estimate of drug-likeness (QED) is 0.0951. The van der Waals surface area contributed by atoms with Crippen LogP contribution in [0, 0.1) is 0 Å². The van der Waals surface area contributed by atoms with Crippen LogP contribution in [0.1, 0.15) is 105 Å². The predicted octanol–water partition coefficient (Wildman–Crippen LogP) is 15.1. The highest BCUT2D eigenvalue weighted by Gasteiger charge is 2.40. The summed E-state index contributed by atoms with van der Waals surface area (Å²) in [6.45, 7) is 0. The van der Waals surface area contributed by atoms with Crippen molar-refractivity contribution in [3.05, 3.63) is 272 Å². The molecule has 4 heteroatoms. The summed E-state index contributed by atoms with van der Waals surface area (Å²) >= 11 is 0. The van der Waals surface area contributed by atoms with E-state index in [1.54, 1.807) is 0 Å². The van der Waals surface area contributed by atoms with Crippen LogP contribution in [0.15, 0.2) is 216 Å². The number of rotatable bonds is 7. The van der Waals surface area contributed by atoms with E-state index >= 15 is 0 Å². The van der Waals surface area contributed by atoms with Gasteiger partial charge in [-0.2, -0.15) is 0 Å². The SMILES string of the molecule is Nc1c(C2C3=C(C=CCC3)C3=C2CCC=C3)cc(OOc2cc(C3c4ccccc4-c4ccccc43)c(N)c(C3c4ccccc4-c4ccccc43)c2)cc1C1c2ccccc2-c2ccccc21. The van der Waals surface area contributed by atoms with Gasteiger partial charge in [-0.05, 0) is 150 Å². The molecule has 0 atom stereocenters. The van der Waals surface area contributed by atoms with E-state index in [1.165, 1.54) is 89.1 Å². The second-order valence-electron chi connectivity index (χ2n) is 19.2. The Morgan fingerprint density at radius 2 is 0.588 bits per heavy atom. The average Bonchev–Trinajstić information content (AvgIpc) is 4.12. The second kappa shape index (κ2) is 15.2. The number of nitrogen functional groups attached to an aromatic ring is 2. The topological polar surface area (TPSA) is 70.5 Å². The minimum atomic E-state index is -0.102. The first-order chi connectivity index (χ1) is 33.6. The summed E-state index contributed by atoms with van der Waals surface area (Å²) in [5.74, 6) is 0.989. The summed E-state index contributed by atoms with van der Waals surface area (Å²) < 4.78 is 0. The molecule has 0 spiro atoms. The van der Waals surface area contributed by atoms with Gasteiger partial charge in [-0.15, -0.1) is 0 Å². The van der Waals surface area contributed by atoms with Crippen LogP contribution >= 0.6 is 0 Å². The third kappa shape index (κ3) is 5.73. The summed E-state index contributed by atoms with van der Waals surface area (Å²) in [4.78, 5) is 13.6. The van der Waals surface area contributed by atoms with Crippen LogP contribution in [0.25, 0.3) is 33.4 Å². The van der Waals surface area contributed by atoms with Gasteiger partial charge in [0, 0.05) is 35.0 Å². The van der Waals surface area contributed by atoms with Crippen molar-refractivity contribution in [2.24, 2.45) is 0 Å². The van der Waals surface area contributed by atoms with Crippen molar-refractivity contribution in [1.82, 2.24) is 0 Å². The highest BCUT2D eigenvalue weighted by molar-refractivity contribution is 5.86. The van der Waals surface area contributed by atoms with E-state index in [4.69, 9.17) is 21.2 Å². The molecule has 4 nitrogen and oxygen atoms in total. The number of hydrogen-bond acceptors (Lipinski definition) is 4. The molecule has 0 fully saturated rings. The lowest BCUT2D eigenvalue weighted by Crippen LogP contribution is -2.14. The van der Waals surface area contributed by atoms with Crippen molar-refractivity contribution in [3.8, 4) is 44.9 Å². The molecule has 14 rings (SSSR count). The van der Waals surface area contributed by atoms with E-state index in [-0.39, 0.29) is 23.7 Å². The molecule has 8 aromatic carbocycles. The van der Waals surface area contributed by atoms with Crippen LogP contribution in [-0.2, 0) is 0 Å². The van der Waals surface area contributed by atoms with E-state index in [0.29, 0.717) is 11.5 Å². The summed E-state index contributed by atoms with van der Waals surface area (Å²) in [6.07, 6.45) is 13.4. The molecule has 0 aliphatic heterocycles. The van der Waals surface area contributed by atoms with Crippen molar-refractivity contribution in [1.29, 1.82) is 0 Å². The van der Waals surface area contributed by atoms with Gasteiger partial charge in [-0.1, -0.05) is 181 Å². The molecule has 68 heavy (non-hydrogen) atoms. The van der Waals surface area contributed by atoms with Gasteiger partial charge in [0.1, 0.15) is 0 Å². The lowest BCUT2D eigenvalue weighted by molar-refractivity contribution is -0.100. The maximum Gasteiger partial charge on any atom is 0.179 e. The summed E-state index contributed by atoms with van der Waals surface area (Å²) in [6, 6.07) is 61.0. The standard InChI is InChI=1S/C64H48N2O2/c65-63-55(59-47-25-9-1-17-39(47)40-18-2-10-26-48(40)59)33-37(34-56(63)60-49-27-11-3-19-41(49)42-20-4-12-28-50(42)60)67-68-38-35-57(61-51-29-13-5-21-43(51)44-22-6-14-30-52(44)61)64(66)58(36-38)62-53-31-15-7-23-45(53)46-24-8-16-32-54(46)62/h1-14,17-30,33-36,59-62H,15-16,31-32,65-66H2. The Labute approximate surface area is 397 Å². The highest BCUT2D eigenvalue weighted by atomic mass is 17.2. The maximum absolute atomic E-state index is 7.64. The van der Waals surface area contributed by atoms with Crippen molar-refractivity contribution >= 4 is 11.4 Å². The molecule has 0 radical (unpaired) electrons. The van der Waals surface area contributed by atoms with E-state index in [2.05, 4.69) is 194 Å². The highest BCUT2D eigenvalue weighted by Crippen LogP contribution is 2.57. The van der Waals surface area contributed by atoms with Crippen LogP contribution in [-0.4, -0.2) is 0 Å². The largest absolute Gasteiger partial charge is 0.398 e. The Morgan fingerprint density at radius 1 is 0.324 bits per heavy atom. The summed E-state index contributed by atoms with van der Waals surface area (Å²) in [5.41, 5.74) is 41.4. The zero-order chi connectivity index (χ0) is 45.0.